The van der Waals surface area contributed by atoms with Crippen LogP contribution in [0.3, 0.4) is 0 Å². The molecule has 7 heteroatoms. The second-order valence-corrected chi connectivity index (χ2v) is 6.76. The van der Waals surface area contributed by atoms with E-state index < -0.39 is 0 Å². The zero-order valence-corrected chi connectivity index (χ0v) is 15.8. The second kappa shape index (κ2) is 10.3. The van der Waals surface area contributed by atoms with E-state index in [1.54, 1.807) is 6.08 Å². The quantitative estimate of drug-likeness (QED) is 0.773. The molecule has 2 fully saturated rings. The van der Waals surface area contributed by atoms with Crippen LogP contribution in [0.2, 0.25) is 0 Å². The van der Waals surface area contributed by atoms with Crippen LogP contribution in [0.15, 0.2) is 36.9 Å². The predicted molar refractivity (Wildman–Crippen MR) is 104 cm³/mol. The largest absolute Gasteiger partial charge is 0.489 e. The molecule has 0 aliphatic carbocycles. The molecule has 1 aromatic rings. The van der Waals surface area contributed by atoms with Crippen LogP contribution in [0.25, 0.3) is 0 Å². The van der Waals surface area contributed by atoms with Crippen LogP contribution in [0, 0.1) is 0 Å². The topological polar surface area (TPSA) is 63.3 Å². The third-order valence-electron chi connectivity index (χ3n) is 4.66. The van der Waals surface area contributed by atoms with Crippen LogP contribution in [-0.2, 0) is 9.47 Å². The molecule has 148 valence electrons. The lowest BCUT2D eigenvalue weighted by atomic mass is 10.2. The van der Waals surface area contributed by atoms with Crippen LogP contribution in [0.4, 0.5) is 10.5 Å². The summed E-state index contributed by atoms with van der Waals surface area (Å²) >= 11 is 0. The Hall–Kier alpha value is -2.09. The monoisotopic (exact) mass is 375 g/mol. The molecule has 2 aliphatic rings. The summed E-state index contributed by atoms with van der Waals surface area (Å²) in [6.45, 7) is 10.2. The van der Waals surface area contributed by atoms with Crippen LogP contribution in [0.5, 0.6) is 5.75 Å². The van der Waals surface area contributed by atoms with Gasteiger partial charge in [-0.05, 0) is 18.6 Å². The summed E-state index contributed by atoms with van der Waals surface area (Å²) in [5.74, 6) is 0.706. The Bertz CT molecular complexity index is 619. The third-order valence-corrected chi connectivity index (χ3v) is 4.66. The van der Waals surface area contributed by atoms with Gasteiger partial charge < -0.3 is 24.4 Å². The molecule has 0 bridgehead atoms. The van der Waals surface area contributed by atoms with Gasteiger partial charge in [-0.3, -0.25) is 4.90 Å². The lowest BCUT2D eigenvalue weighted by Gasteiger charge is -2.31. The molecule has 0 spiro atoms. The van der Waals surface area contributed by atoms with E-state index in [-0.39, 0.29) is 12.1 Å². The molecular weight excluding hydrogens is 346 g/mol. The van der Waals surface area contributed by atoms with E-state index in [9.17, 15) is 4.79 Å². The number of carbonyl (C=O) groups excluding carboxylic acids is 1. The SMILES string of the molecule is C=CCOc1cccc(NC(=O)N2CCCO[C@H](CN3CCOCC3)C2)c1. The minimum absolute atomic E-state index is 0.0265. The molecular formula is C20H29N3O4. The van der Waals surface area contributed by atoms with E-state index in [1.165, 1.54) is 0 Å². The first-order chi connectivity index (χ1) is 13.2. The summed E-state index contributed by atoms with van der Waals surface area (Å²) in [5, 5.41) is 2.97. The van der Waals surface area contributed by atoms with Crippen molar-refractivity contribution in [1.29, 1.82) is 0 Å². The van der Waals surface area contributed by atoms with Crippen molar-refractivity contribution in [1.82, 2.24) is 9.80 Å². The molecule has 2 saturated heterocycles. The average Bonchev–Trinajstić information content (AvgIpc) is 2.93. The number of morpholine rings is 1. The molecule has 2 aliphatic heterocycles. The summed E-state index contributed by atoms with van der Waals surface area (Å²) in [6, 6.07) is 7.30. The van der Waals surface area contributed by atoms with Gasteiger partial charge in [0.05, 0.1) is 19.3 Å². The van der Waals surface area contributed by atoms with Crippen LogP contribution >= 0.6 is 0 Å². The first kappa shape index (κ1) is 19.7. The van der Waals surface area contributed by atoms with Gasteiger partial charge in [-0.1, -0.05) is 18.7 Å². The van der Waals surface area contributed by atoms with Crippen molar-refractivity contribution in [3.8, 4) is 5.75 Å². The van der Waals surface area contributed by atoms with E-state index in [2.05, 4.69) is 16.8 Å². The van der Waals surface area contributed by atoms with Gasteiger partial charge >= 0.3 is 6.03 Å². The van der Waals surface area contributed by atoms with Gasteiger partial charge in [-0.25, -0.2) is 4.79 Å². The maximum absolute atomic E-state index is 12.8. The van der Waals surface area contributed by atoms with Gasteiger partial charge in [0, 0.05) is 51.1 Å². The summed E-state index contributed by atoms with van der Waals surface area (Å²) < 4.78 is 16.9. The van der Waals surface area contributed by atoms with Gasteiger partial charge in [0.25, 0.3) is 0 Å². The third kappa shape index (κ3) is 6.23. The summed E-state index contributed by atoms with van der Waals surface area (Å²) in [6.07, 6.45) is 2.56. The molecule has 1 atom stereocenters. The maximum atomic E-state index is 12.8. The minimum atomic E-state index is -0.103. The van der Waals surface area contributed by atoms with Crippen molar-refractivity contribution in [2.75, 3.05) is 64.5 Å². The molecule has 0 aromatic heterocycles. The van der Waals surface area contributed by atoms with Gasteiger partial charge in [0.15, 0.2) is 0 Å². The predicted octanol–water partition coefficient (Wildman–Crippen LogP) is 2.21. The van der Waals surface area contributed by atoms with Crippen molar-refractivity contribution < 1.29 is 19.0 Å². The number of nitrogens with one attached hydrogen (secondary N) is 1. The molecule has 0 saturated carbocycles. The van der Waals surface area contributed by atoms with Crippen molar-refractivity contribution in [3.05, 3.63) is 36.9 Å². The van der Waals surface area contributed by atoms with E-state index in [1.807, 2.05) is 29.2 Å². The Kier molecular flexibility index (Phi) is 7.50. The van der Waals surface area contributed by atoms with Crippen LogP contribution < -0.4 is 10.1 Å². The molecule has 3 rings (SSSR count). The highest BCUT2D eigenvalue weighted by molar-refractivity contribution is 5.89. The highest BCUT2D eigenvalue weighted by Gasteiger charge is 2.25. The highest BCUT2D eigenvalue weighted by atomic mass is 16.5. The fourth-order valence-corrected chi connectivity index (χ4v) is 3.28. The van der Waals surface area contributed by atoms with E-state index in [4.69, 9.17) is 14.2 Å². The fraction of sp³-hybridized carbons (Fsp3) is 0.550. The van der Waals surface area contributed by atoms with Crippen LogP contribution in [0.1, 0.15) is 6.42 Å². The second-order valence-electron chi connectivity index (χ2n) is 6.76. The number of benzene rings is 1. The first-order valence-corrected chi connectivity index (χ1v) is 9.56. The standard InChI is InChI=1S/C20H29N3O4/c1-2-10-26-18-6-3-5-17(14-18)21-20(24)23-7-4-11-27-19(16-23)15-22-8-12-25-13-9-22/h2-3,5-6,14,19H,1,4,7-13,15-16H2,(H,21,24)/t19-/m1/s1. The average molecular weight is 375 g/mol. The van der Waals surface area contributed by atoms with Gasteiger partial charge in [-0.15, -0.1) is 0 Å². The number of amides is 2. The molecule has 0 radical (unpaired) electrons. The van der Waals surface area contributed by atoms with E-state index in [0.29, 0.717) is 32.1 Å². The number of nitrogens with zero attached hydrogens (tertiary/aromatic N) is 2. The van der Waals surface area contributed by atoms with Gasteiger partial charge in [-0.2, -0.15) is 0 Å². The Morgan fingerprint density at radius 2 is 2.15 bits per heavy atom. The summed E-state index contributed by atoms with van der Waals surface area (Å²) in [7, 11) is 0. The molecule has 0 unspecified atom stereocenters. The number of ether oxygens (including phenoxy) is 3. The Morgan fingerprint density at radius 1 is 1.30 bits per heavy atom. The minimum Gasteiger partial charge on any atom is -0.489 e. The Morgan fingerprint density at radius 3 is 2.96 bits per heavy atom. The van der Waals surface area contributed by atoms with Gasteiger partial charge in [0.1, 0.15) is 12.4 Å². The van der Waals surface area contributed by atoms with Crippen molar-refractivity contribution in [3.63, 3.8) is 0 Å². The molecule has 2 heterocycles. The van der Waals surface area contributed by atoms with Gasteiger partial charge in [0.2, 0.25) is 0 Å². The number of hydrogen-bond acceptors (Lipinski definition) is 5. The highest BCUT2D eigenvalue weighted by Crippen LogP contribution is 2.18. The maximum Gasteiger partial charge on any atom is 0.321 e. The van der Waals surface area contributed by atoms with Crippen molar-refractivity contribution in [2.24, 2.45) is 0 Å². The van der Waals surface area contributed by atoms with E-state index in [0.717, 1.165) is 45.0 Å². The van der Waals surface area contributed by atoms with Crippen molar-refractivity contribution >= 4 is 11.7 Å². The summed E-state index contributed by atoms with van der Waals surface area (Å²) in [4.78, 5) is 16.9. The number of hydrogen-bond donors (Lipinski definition) is 1. The normalized spacial score (nSPS) is 21.3. The molecule has 1 aromatic carbocycles. The van der Waals surface area contributed by atoms with Crippen molar-refractivity contribution in [2.45, 2.75) is 12.5 Å². The molecule has 1 N–H and O–H groups in total. The lowest BCUT2D eigenvalue weighted by Crippen LogP contribution is -2.46. The smallest absolute Gasteiger partial charge is 0.321 e. The zero-order chi connectivity index (χ0) is 18.9. The fourth-order valence-electron chi connectivity index (χ4n) is 3.28. The molecule has 2 amide bonds. The zero-order valence-electron chi connectivity index (χ0n) is 15.8. The summed E-state index contributed by atoms with van der Waals surface area (Å²) in [5.41, 5.74) is 0.719. The number of rotatable bonds is 6. The van der Waals surface area contributed by atoms with Crippen LogP contribution in [-0.4, -0.2) is 81.1 Å². The number of urea groups is 1. The lowest BCUT2D eigenvalue weighted by molar-refractivity contribution is -0.00983. The Balaban J connectivity index is 1.55. The Labute approximate surface area is 160 Å². The molecule has 7 nitrogen and oxygen atoms in total. The number of anilines is 1. The molecule has 27 heavy (non-hydrogen) atoms. The van der Waals surface area contributed by atoms with E-state index >= 15 is 0 Å². The first-order valence-electron chi connectivity index (χ1n) is 9.56. The number of carbonyl (C=O) groups is 1.